The van der Waals surface area contributed by atoms with E-state index in [1.165, 1.54) is 22.7 Å². The van der Waals surface area contributed by atoms with Gasteiger partial charge in [-0.1, -0.05) is 17.4 Å². The molecule has 1 aromatic carbocycles. The van der Waals surface area contributed by atoms with Crippen molar-refractivity contribution in [2.75, 3.05) is 20.8 Å². The van der Waals surface area contributed by atoms with Gasteiger partial charge < -0.3 is 14.2 Å². The topological polar surface area (TPSA) is 79.1 Å². The summed E-state index contributed by atoms with van der Waals surface area (Å²) in [6.07, 6.45) is 1.77. The fraction of sp³-hybridized carbons (Fsp3) is 0.261. The molecule has 0 saturated heterocycles. The van der Waals surface area contributed by atoms with Crippen molar-refractivity contribution in [2.45, 2.75) is 19.9 Å². The second kappa shape index (κ2) is 9.66. The maximum atomic E-state index is 13.6. The molecule has 33 heavy (non-hydrogen) atoms. The molecule has 0 radical (unpaired) electrons. The number of halogens is 1. The van der Waals surface area contributed by atoms with Crippen LogP contribution >= 0.6 is 38.6 Å². The number of fused-ring (bicyclic) bond motifs is 1. The van der Waals surface area contributed by atoms with Crippen molar-refractivity contribution >= 4 is 50.6 Å². The van der Waals surface area contributed by atoms with Crippen molar-refractivity contribution in [3.63, 3.8) is 0 Å². The monoisotopic (exact) mass is 548 g/mol. The van der Waals surface area contributed by atoms with Crippen LogP contribution in [0.25, 0.3) is 6.08 Å². The fourth-order valence-corrected chi connectivity index (χ4v) is 6.03. The molecule has 4 rings (SSSR count). The van der Waals surface area contributed by atoms with Crippen LogP contribution < -0.4 is 24.4 Å². The zero-order chi connectivity index (χ0) is 23.7. The van der Waals surface area contributed by atoms with Crippen molar-refractivity contribution in [3.8, 4) is 11.5 Å². The highest BCUT2D eigenvalue weighted by atomic mass is 79.9. The van der Waals surface area contributed by atoms with E-state index in [1.807, 2.05) is 23.6 Å². The van der Waals surface area contributed by atoms with Crippen molar-refractivity contribution in [1.82, 2.24) is 4.57 Å². The molecule has 10 heteroatoms. The Bertz CT molecular complexity index is 1420. The second-order valence-corrected chi connectivity index (χ2v) is 9.89. The van der Waals surface area contributed by atoms with Gasteiger partial charge in [0.05, 0.1) is 41.1 Å². The van der Waals surface area contributed by atoms with Crippen LogP contribution in [0, 0.1) is 0 Å². The number of rotatable bonds is 6. The number of esters is 1. The molecular weight excluding hydrogens is 528 g/mol. The summed E-state index contributed by atoms with van der Waals surface area (Å²) in [6, 6.07) is 6.81. The predicted octanol–water partition coefficient (Wildman–Crippen LogP) is 3.64. The minimum atomic E-state index is -0.591. The predicted molar refractivity (Wildman–Crippen MR) is 132 cm³/mol. The van der Waals surface area contributed by atoms with Gasteiger partial charge in [0.15, 0.2) is 4.80 Å². The number of ether oxygens (including phenoxy) is 3. The Morgan fingerprint density at radius 3 is 2.67 bits per heavy atom. The van der Waals surface area contributed by atoms with Crippen molar-refractivity contribution in [3.05, 3.63) is 75.5 Å². The van der Waals surface area contributed by atoms with Crippen LogP contribution in [-0.4, -0.2) is 31.4 Å². The summed E-state index contributed by atoms with van der Waals surface area (Å²) in [5.41, 5.74) is 1.40. The lowest BCUT2D eigenvalue weighted by Gasteiger charge is -2.23. The first-order chi connectivity index (χ1) is 15.9. The minimum Gasteiger partial charge on any atom is -0.496 e. The van der Waals surface area contributed by atoms with E-state index < -0.39 is 12.0 Å². The summed E-state index contributed by atoms with van der Waals surface area (Å²) in [7, 11) is 3.14. The lowest BCUT2D eigenvalue weighted by atomic mass is 10.0. The Kier molecular flexibility index (Phi) is 6.87. The third-order valence-electron chi connectivity index (χ3n) is 5.12. The smallest absolute Gasteiger partial charge is 0.338 e. The van der Waals surface area contributed by atoms with Gasteiger partial charge in [0, 0.05) is 16.5 Å². The zero-order valence-electron chi connectivity index (χ0n) is 18.4. The molecule has 0 bridgehead atoms. The first-order valence-corrected chi connectivity index (χ1v) is 12.5. The largest absolute Gasteiger partial charge is 0.496 e. The van der Waals surface area contributed by atoms with Crippen LogP contribution in [0.2, 0.25) is 0 Å². The Hall–Kier alpha value is -2.69. The first-order valence-electron chi connectivity index (χ1n) is 10.0. The molecule has 0 fully saturated rings. The highest BCUT2D eigenvalue weighted by molar-refractivity contribution is 9.10. The van der Waals surface area contributed by atoms with Crippen molar-refractivity contribution in [1.29, 1.82) is 0 Å². The summed E-state index contributed by atoms with van der Waals surface area (Å²) < 4.78 is 18.9. The van der Waals surface area contributed by atoms with Gasteiger partial charge >= 0.3 is 5.97 Å². The van der Waals surface area contributed by atoms with E-state index in [2.05, 4.69) is 20.9 Å². The number of allylic oxidation sites excluding steroid dienone is 1. The number of benzene rings is 1. The van der Waals surface area contributed by atoms with E-state index in [-0.39, 0.29) is 12.2 Å². The van der Waals surface area contributed by atoms with Crippen LogP contribution in [0.1, 0.15) is 30.3 Å². The zero-order valence-corrected chi connectivity index (χ0v) is 21.6. The normalized spacial score (nSPS) is 15.8. The highest BCUT2D eigenvalue weighted by Crippen LogP contribution is 2.34. The molecule has 172 valence electrons. The maximum absolute atomic E-state index is 13.6. The SMILES string of the molecule is CCOC(=O)C1=C(C)N=c2s/c(=C\c3cc(Br)c(OC)cc3OC)c(=O)n2[C@@H]1c1cccs1. The minimum absolute atomic E-state index is 0.236. The summed E-state index contributed by atoms with van der Waals surface area (Å²) in [6.45, 7) is 3.76. The Balaban J connectivity index is 1.94. The van der Waals surface area contributed by atoms with Crippen LogP contribution in [-0.2, 0) is 9.53 Å². The Morgan fingerprint density at radius 2 is 2.03 bits per heavy atom. The fourth-order valence-electron chi connectivity index (χ4n) is 3.64. The number of hydrogen-bond acceptors (Lipinski definition) is 8. The quantitative estimate of drug-likeness (QED) is 0.439. The van der Waals surface area contributed by atoms with Gasteiger partial charge in [-0.2, -0.15) is 0 Å². The lowest BCUT2D eigenvalue weighted by molar-refractivity contribution is -0.139. The summed E-state index contributed by atoms with van der Waals surface area (Å²) in [5, 5.41) is 1.92. The van der Waals surface area contributed by atoms with E-state index in [1.54, 1.807) is 44.8 Å². The maximum Gasteiger partial charge on any atom is 0.338 e. The number of aromatic nitrogens is 1. The Morgan fingerprint density at radius 1 is 1.27 bits per heavy atom. The van der Waals surface area contributed by atoms with Gasteiger partial charge in [-0.05, 0) is 53.4 Å². The van der Waals surface area contributed by atoms with Gasteiger partial charge in [-0.3, -0.25) is 9.36 Å². The summed E-state index contributed by atoms with van der Waals surface area (Å²) in [4.78, 5) is 32.4. The molecule has 1 aliphatic rings. The third kappa shape index (κ3) is 4.30. The molecule has 0 spiro atoms. The van der Waals surface area contributed by atoms with E-state index in [0.717, 1.165) is 9.35 Å². The number of carbonyl (C=O) groups excluding carboxylic acids is 1. The van der Waals surface area contributed by atoms with Crippen LogP contribution in [0.3, 0.4) is 0 Å². The van der Waals surface area contributed by atoms with Gasteiger partial charge in [0.25, 0.3) is 5.56 Å². The molecule has 2 aromatic heterocycles. The number of hydrogen-bond donors (Lipinski definition) is 0. The van der Waals surface area contributed by atoms with Crippen LogP contribution in [0.15, 0.2) is 55.2 Å². The summed E-state index contributed by atoms with van der Waals surface area (Å²) in [5.74, 6) is 0.726. The molecule has 3 heterocycles. The van der Waals surface area contributed by atoms with E-state index in [9.17, 15) is 9.59 Å². The summed E-state index contributed by atoms with van der Waals surface area (Å²) >= 11 is 6.23. The Labute approximate surface area is 206 Å². The van der Waals surface area contributed by atoms with Crippen LogP contribution in [0.4, 0.5) is 0 Å². The second-order valence-electron chi connectivity index (χ2n) is 7.05. The average molecular weight is 549 g/mol. The number of methoxy groups -OCH3 is 2. The molecule has 1 atom stereocenters. The lowest BCUT2D eigenvalue weighted by Crippen LogP contribution is -2.39. The van der Waals surface area contributed by atoms with E-state index >= 15 is 0 Å². The van der Waals surface area contributed by atoms with Gasteiger partial charge in [-0.25, -0.2) is 9.79 Å². The first kappa shape index (κ1) is 23.5. The molecule has 7 nitrogen and oxygen atoms in total. The molecule has 3 aromatic rings. The van der Waals surface area contributed by atoms with Gasteiger partial charge in [-0.15, -0.1) is 11.3 Å². The highest BCUT2D eigenvalue weighted by Gasteiger charge is 2.33. The molecule has 0 unspecified atom stereocenters. The number of nitrogens with zero attached hydrogens (tertiary/aromatic N) is 2. The standard InChI is InChI=1S/C23H21BrN2O5S2/c1-5-31-22(28)19-12(2)25-23-26(20(19)17-7-6-8-32-17)21(27)18(33-23)10-13-9-14(24)16(30-4)11-15(13)29-3/h6-11,20H,5H2,1-4H3/b18-10-/t20-/m1/s1. The van der Waals surface area contributed by atoms with Crippen molar-refractivity contribution < 1.29 is 19.0 Å². The van der Waals surface area contributed by atoms with Gasteiger partial charge in [0.2, 0.25) is 0 Å². The molecule has 0 aliphatic carbocycles. The van der Waals surface area contributed by atoms with E-state index in [4.69, 9.17) is 14.2 Å². The molecule has 0 saturated carbocycles. The van der Waals surface area contributed by atoms with Crippen molar-refractivity contribution in [2.24, 2.45) is 4.99 Å². The van der Waals surface area contributed by atoms with Crippen LogP contribution in [0.5, 0.6) is 11.5 Å². The molecular formula is C23H21BrN2O5S2. The average Bonchev–Trinajstić information content (AvgIpc) is 3.42. The number of thiophene rings is 1. The van der Waals surface area contributed by atoms with E-state index in [0.29, 0.717) is 37.7 Å². The molecule has 0 N–H and O–H groups in total. The molecule has 1 aliphatic heterocycles. The van der Waals surface area contributed by atoms with Gasteiger partial charge in [0.1, 0.15) is 17.5 Å². The molecule has 0 amide bonds. The number of carbonyl (C=O) groups is 1. The number of thiazole rings is 1. The third-order valence-corrected chi connectivity index (χ3v) is 7.65.